The van der Waals surface area contributed by atoms with E-state index < -0.39 is 0 Å². The van der Waals surface area contributed by atoms with E-state index in [0.29, 0.717) is 6.04 Å². The second-order valence-electron chi connectivity index (χ2n) is 3.57. The molecule has 0 radical (unpaired) electrons. The number of nitrogens with one attached hydrogen (secondary N) is 1. The van der Waals surface area contributed by atoms with Gasteiger partial charge in [-0.05, 0) is 25.8 Å². The standard InChI is InChI=1S/C9H15N3/c1-10-9(7-3-4-7)8-5-12(2)6-11-8/h5-7,9-10H,3-4H2,1-2H3. The monoisotopic (exact) mass is 165 g/mol. The van der Waals surface area contributed by atoms with Gasteiger partial charge in [0.15, 0.2) is 0 Å². The first kappa shape index (κ1) is 7.80. The van der Waals surface area contributed by atoms with Gasteiger partial charge in [0.1, 0.15) is 0 Å². The Hall–Kier alpha value is -0.830. The van der Waals surface area contributed by atoms with E-state index >= 15 is 0 Å². The molecule has 3 heteroatoms. The second kappa shape index (κ2) is 2.90. The highest BCUT2D eigenvalue weighted by molar-refractivity contribution is 5.08. The smallest absolute Gasteiger partial charge is 0.0947 e. The summed E-state index contributed by atoms with van der Waals surface area (Å²) in [5, 5.41) is 3.32. The van der Waals surface area contributed by atoms with Crippen LogP contribution in [0.15, 0.2) is 12.5 Å². The lowest BCUT2D eigenvalue weighted by molar-refractivity contribution is 0.517. The fraction of sp³-hybridized carbons (Fsp3) is 0.667. The number of aromatic nitrogens is 2. The molecule has 0 aromatic carbocycles. The molecule has 12 heavy (non-hydrogen) atoms. The van der Waals surface area contributed by atoms with Crippen LogP contribution in [0, 0.1) is 5.92 Å². The SMILES string of the molecule is CNC(c1cn(C)cn1)C1CC1. The lowest BCUT2D eigenvalue weighted by atomic mass is 10.1. The summed E-state index contributed by atoms with van der Waals surface area (Å²) in [6.45, 7) is 0. The van der Waals surface area contributed by atoms with Gasteiger partial charge >= 0.3 is 0 Å². The number of nitrogens with zero attached hydrogens (tertiary/aromatic N) is 2. The Bertz CT molecular complexity index is 262. The normalized spacial score (nSPS) is 19.5. The molecule has 0 bridgehead atoms. The maximum absolute atomic E-state index is 4.35. The van der Waals surface area contributed by atoms with Gasteiger partial charge in [0, 0.05) is 13.2 Å². The zero-order chi connectivity index (χ0) is 8.55. The minimum absolute atomic E-state index is 0.478. The lowest BCUT2D eigenvalue weighted by Gasteiger charge is -2.11. The van der Waals surface area contributed by atoms with Crippen LogP contribution in [-0.2, 0) is 7.05 Å². The van der Waals surface area contributed by atoms with Gasteiger partial charge in [0.2, 0.25) is 0 Å². The largest absolute Gasteiger partial charge is 0.340 e. The number of imidazole rings is 1. The molecule has 0 spiro atoms. The molecule has 3 nitrogen and oxygen atoms in total. The molecule has 1 heterocycles. The van der Waals surface area contributed by atoms with Gasteiger partial charge in [-0.1, -0.05) is 0 Å². The molecule has 0 amide bonds. The summed E-state index contributed by atoms with van der Waals surface area (Å²) in [7, 11) is 4.02. The molecule has 0 saturated heterocycles. The molecule has 66 valence electrons. The van der Waals surface area contributed by atoms with Crippen molar-refractivity contribution in [2.24, 2.45) is 13.0 Å². The van der Waals surface area contributed by atoms with E-state index in [2.05, 4.69) is 16.5 Å². The van der Waals surface area contributed by atoms with Crippen molar-refractivity contribution in [3.63, 3.8) is 0 Å². The van der Waals surface area contributed by atoms with E-state index in [4.69, 9.17) is 0 Å². The Morgan fingerprint density at radius 3 is 2.83 bits per heavy atom. The maximum Gasteiger partial charge on any atom is 0.0947 e. The van der Waals surface area contributed by atoms with E-state index in [-0.39, 0.29) is 0 Å². The van der Waals surface area contributed by atoms with Crippen LogP contribution in [0.2, 0.25) is 0 Å². The molecule has 0 aliphatic heterocycles. The summed E-state index contributed by atoms with van der Waals surface area (Å²) < 4.78 is 2.00. The summed E-state index contributed by atoms with van der Waals surface area (Å²) in [5.41, 5.74) is 1.18. The van der Waals surface area contributed by atoms with Gasteiger partial charge < -0.3 is 9.88 Å². The Morgan fingerprint density at radius 2 is 2.42 bits per heavy atom. The first-order valence-electron chi connectivity index (χ1n) is 4.46. The van der Waals surface area contributed by atoms with Crippen LogP contribution in [0.3, 0.4) is 0 Å². The van der Waals surface area contributed by atoms with E-state index in [1.165, 1.54) is 18.5 Å². The fourth-order valence-corrected chi connectivity index (χ4v) is 1.65. The Labute approximate surface area is 72.8 Å². The predicted molar refractivity (Wildman–Crippen MR) is 47.7 cm³/mol. The molecule has 1 aliphatic carbocycles. The summed E-state index contributed by atoms with van der Waals surface area (Å²) in [4.78, 5) is 4.35. The number of rotatable bonds is 3. The van der Waals surface area contributed by atoms with Crippen molar-refractivity contribution in [2.75, 3.05) is 7.05 Å². The minimum atomic E-state index is 0.478. The lowest BCUT2D eigenvalue weighted by Crippen LogP contribution is -2.18. The van der Waals surface area contributed by atoms with Gasteiger partial charge in [-0.2, -0.15) is 0 Å². The van der Waals surface area contributed by atoms with Crippen molar-refractivity contribution in [3.05, 3.63) is 18.2 Å². The van der Waals surface area contributed by atoms with Crippen LogP contribution in [0.5, 0.6) is 0 Å². The molecule has 2 rings (SSSR count). The van der Waals surface area contributed by atoms with Crippen LogP contribution >= 0.6 is 0 Å². The first-order valence-corrected chi connectivity index (χ1v) is 4.46. The topological polar surface area (TPSA) is 29.9 Å². The zero-order valence-electron chi connectivity index (χ0n) is 7.62. The Kier molecular flexibility index (Phi) is 1.89. The van der Waals surface area contributed by atoms with Crippen molar-refractivity contribution in [1.82, 2.24) is 14.9 Å². The average molecular weight is 165 g/mol. The third-order valence-electron chi connectivity index (χ3n) is 2.45. The third kappa shape index (κ3) is 1.37. The molecule has 1 fully saturated rings. The molecule has 1 N–H and O–H groups in total. The molecule has 1 aliphatic rings. The Balaban J connectivity index is 2.15. The van der Waals surface area contributed by atoms with Crippen LogP contribution in [0.4, 0.5) is 0 Å². The third-order valence-corrected chi connectivity index (χ3v) is 2.45. The zero-order valence-corrected chi connectivity index (χ0v) is 7.62. The van der Waals surface area contributed by atoms with Crippen molar-refractivity contribution < 1.29 is 0 Å². The molecule has 1 saturated carbocycles. The van der Waals surface area contributed by atoms with E-state index in [0.717, 1.165) is 5.92 Å². The molecular formula is C9H15N3. The minimum Gasteiger partial charge on any atom is -0.340 e. The highest BCUT2D eigenvalue weighted by Gasteiger charge is 2.32. The molecule has 1 atom stereocenters. The average Bonchev–Trinajstić information content (AvgIpc) is 2.78. The number of aryl methyl sites for hydroxylation is 1. The van der Waals surface area contributed by atoms with Gasteiger partial charge in [-0.15, -0.1) is 0 Å². The molecule has 1 aromatic rings. The van der Waals surface area contributed by atoms with E-state index in [1.54, 1.807) is 0 Å². The Morgan fingerprint density at radius 1 is 1.67 bits per heavy atom. The van der Waals surface area contributed by atoms with Gasteiger partial charge in [0.25, 0.3) is 0 Å². The molecule has 1 unspecified atom stereocenters. The van der Waals surface area contributed by atoms with Crippen molar-refractivity contribution in [3.8, 4) is 0 Å². The van der Waals surface area contributed by atoms with Crippen LogP contribution in [-0.4, -0.2) is 16.6 Å². The second-order valence-corrected chi connectivity index (χ2v) is 3.57. The van der Waals surface area contributed by atoms with Gasteiger partial charge in [0.05, 0.1) is 18.1 Å². The maximum atomic E-state index is 4.35. The quantitative estimate of drug-likeness (QED) is 0.726. The molecule has 1 aromatic heterocycles. The van der Waals surface area contributed by atoms with Crippen molar-refractivity contribution in [2.45, 2.75) is 18.9 Å². The molecular weight excluding hydrogens is 150 g/mol. The summed E-state index contributed by atoms with van der Waals surface area (Å²) in [6.07, 6.45) is 6.66. The van der Waals surface area contributed by atoms with Crippen LogP contribution < -0.4 is 5.32 Å². The van der Waals surface area contributed by atoms with Gasteiger partial charge in [-0.3, -0.25) is 0 Å². The summed E-state index contributed by atoms with van der Waals surface area (Å²) in [6, 6.07) is 0.478. The first-order chi connectivity index (χ1) is 5.81. The van der Waals surface area contributed by atoms with Crippen LogP contribution in [0.25, 0.3) is 0 Å². The van der Waals surface area contributed by atoms with Gasteiger partial charge in [-0.25, -0.2) is 4.98 Å². The highest BCUT2D eigenvalue weighted by atomic mass is 15.0. The fourth-order valence-electron chi connectivity index (χ4n) is 1.65. The van der Waals surface area contributed by atoms with Crippen molar-refractivity contribution >= 4 is 0 Å². The number of hydrogen-bond donors (Lipinski definition) is 1. The van der Waals surface area contributed by atoms with E-state index in [1.807, 2.05) is 25.0 Å². The van der Waals surface area contributed by atoms with E-state index in [9.17, 15) is 0 Å². The highest BCUT2D eigenvalue weighted by Crippen LogP contribution is 2.39. The van der Waals surface area contributed by atoms with Crippen LogP contribution in [0.1, 0.15) is 24.6 Å². The van der Waals surface area contributed by atoms with Crippen molar-refractivity contribution in [1.29, 1.82) is 0 Å². The summed E-state index contributed by atoms with van der Waals surface area (Å²) in [5.74, 6) is 0.824. The number of hydrogen-bond acceptors (Lipinski definition) is 2. The summed E-state index contributed by atoms with van der Waals surface area (Å²) >= 11 is 0. The predicted octanol–water partition coefficient (Wildman–Crippen LogP) is 1.09.